The van der Waals surface area contributed by atoms with Crippen molar-refractivity contribution in [1.82, 2.24) is 0 Å². The smallest absolute Gasteiger partial charge is 0.325 e. The molecule has 0 N–H and O–H groups in total. The number of nitrogens with zero attached hydrogens (tertiary/aromatic N) is 2. The summed E-state index contributed by atoms with van der Waals surface area (Å²) in [5, 5.41) is 11.2. The Kier molecular flexibility index (Phi) is 5.77. The number of ether oxygens (including phenoxy) is 3. The van der Waals surface area contributed by atoms with Crippen LogP contribution in [-0.2, 0) is 9.53 Å². The fourth-order valence-corrected chi connectivity index (χ4v) is 1.84. The lowest BCUT2D eigenvalue weighted by molar-refractivity contribution is -0.384. The van der Waals surface area contributed by atoms with Gasteiger partial charge in [-0.25, -0.2) is 0 Å². The molecule has 8 heteroatoms. The van der Waals surface area contributed by atoms with Crippen molar-refractivity contribution in [3.63, 3.8) is 0 Å². The number of nitro benzene ring substituents is 1. The van der Waals surface area contributed by atoms with E-state index >= 15 is 0 Å². The Morgan fingerprint density at radius 3 is 2.24 bits per heavy atom. The number of likely N-dealkylation sites (N-methyl/N-ethyl adjacent to an activating group) is 1. The highest BCUT2D eigenvalue weighted by Gasteiger charge is 2.24. The van der Waals surface area contributed by atoms with Crippen LogP contribution in [0.15, 0.2) is 12.1 Å². The van der Waals surface area contributed by atoms with E-state index in [0.29, 0.717) is 12.3 Å². The van der Waals surface area contributed by atoms with Gasteiger partial charge in [0.2, 0.25) is 0 Å². The summed E-state index contributed by atoms with van der Waals surface area (Å²) in [6, 6.07) is 2.75. The normalized spacial score (nSPS) is 9.90. The first-order valence-electron chi connectivity index (χ1n) is 6.20. The molecular weight excluding hydrogens is 280 g/mol. The molecule has 0 fully saturated rings. The summed E-state index contributed by atoms with van der Waals surface area (Å²) in [5.74, 6) is 0.115. The molecule has 21 heavy (non-hydrogen) atoms. The third-order valence-electron chi connectivity index (χ3n) is 2.95. The SMILES string of the molecule is CCN(CC(=O)OC)c1cc(OC)c(OC)cc1[N+](=O)[O-]. The summed E-state index contributed by atoms with van der Waals surface area (Å²) >= 11 is 0. The Balaban J connectivity index is 3.36. The standard InChI is InChI=1S/C13H18N2O6/c1-5-14(8-13(16)21-4)9-6-11(19-2)12(20-3)7-10(9)15(17)18/h6-7H,5,8H2,1-4H3. The molecular formula is C13H18N2O6. The van der Waals surface area contributed by atoms with Gasteiger partial charge in [-0.05, 0) is 6.92 Å². The van der Waals surface area contributed by atoms with E-state index in [1.54, 1.807) is 6.92 Å². The van der Waals surface area contributed by atoms with E-state index in [-0.39, 0.29) is 23.7 Å². The van der Waals surface area contributed by atoms with Crippen LogP contribution in [0.3, 0.4) is 0 Å². The molecule has 0 aliphatic heterocycles. The predicted molar refractivity (Wildman–Crippen MR) is 76.1 cm³/mol. The van der Waals surface area contributed by atoms with Crippen molar-refractivity contribution in [2.75, 3.05) is 39.3 Å². The maximum Gasteiger partial charge on any atom is 0.325 e. The molecule has 1 rings (SSSR count). The number of anilines is 1. The molecule has 0 radical (unpaired) electrons. The highest BCUT2D eigenvalue weighted by molar-refractivity contribution is 5.79. The van der Waals surface area contributed by atoms with Gasteiger partial charge in [0.15, 0.2) is 11.5 Å². The highest BCUT2D eigenvalue weighted by Crippen LogP contribution is 2.39. The lowest BCUT2D eigenvalue weighted by Crippen LogP contribution is -2.30. The van der Waals surface area contributed by atoms with E-state index in [4.69, 9.17) is 9.47 Å². The summed E-state index contributed by atoms with van der Waals surface area (Å²) < 4.78 is 14.8. The van der Waals surface area contributed by atoms with Crippen LogP contribution >= 0.6 is 0 Å². The van der Waals surface area contributed by atoms with Crippen molar-refractivity contribution in [3.8, 4) is 11.5 Å². The van der Waals surface area contributed by atoms with Gasteiger partial charge in [0.05, 0.1) is 32.3 Å². The molecule has 116 valence electrons. The van der Waals surface area contributed by atoms with E-state index in [0.717, 1.165) is 0 Å². The second-order valence-electron chi connectivity index (χ2n) is 4.04. The van der Waals surface area contributed by atoms with Gasteiger partial charge in [-0.2, -0.15) is 0 Å². The fraction of sp³-hybridized carbons (Fsp3) is 0.462. The molecule has 0 aliphatic carbocycles. The largest absolute Gasteiger partial charge is 0.493 e. The Morgan fingerprint density at radius 2 is 1.81 bits per heavy atom. The molecule has 0 saturated carbocycles. The topological polar surface area (TPSA) is 91.1 Å². The number of hydrogen-bond acceptors (Lipinski definition) is 7. The Bertz CT molecular complexity index is 532. The number of benzene rings is 1. The lowest BCUT2D eigenvalue weighted by atomic mass is 10.2. The van der Waals surface area contributed by atoms with Gasteiger partial charge in [0, 0.05) is 12.6 Å². The molecule has 0 aromatic heterocycles. The molecule has 0 saturated heterocycles. The van der Waals surface area contributed by atoms with Crippen molar-refractivity contribution in [3.05, 3.63) is 22.2 Å². The van der Waals surface area contributed by atoms with Crippen LogP contribution in [0.5, 0.6) is 11.5 Å². The maximum absolute atomic E-state index is 11.4. The zero-order valence-corrected chi connectivity index (χ0v) is 12.4. The number of rotatable bonds is 7. The van der Waals surface area contributed by atoms with Gasteiger partial charge in [0.25, 0.3) is 5.69 Å². The Labute approximate surface area is 122 Å². The van der Waals surface area contributed by atoms with E-state index in [2.05, 4.69) is 4.74 Å². The first-order valence-corrected chi connectivity index (χ1v) is 6.20. The zero-order valence-electron chi connectivity index (χ0n) is 12.4. The molecule has 0 heterocycles. The average Bonchev–Trinajstić information content (AvgIpc) is 2.50. The van der Waals surface area contributed by atoms with E-state index in [1.165, 1.54) is 38.4 Å². The maximum atomic E-state index is 11.4. The summed E-state index contributed by atoms with van der Waals surface area (Å²) in [4.78, 5) is 23.7. The van der Waals surface area contributed by atoms with Crippen LogP contribution in [0.25, 0.3) is 0 Å². The monoisotopic (exact) mass is 298 g/mol. The fourth-order valence-electron chi connectivity index (χ4n) is 1.84. The van der Waals surface area contributed by atoms with Crippen molar-refractivity contribution in [2.24, 2.45) is 0 Å². The van der Waals surface area contributed by atoms with Gasteiger partial charge < -0.3 is 19.1 Å². The molecule has 0 atom stereocenters. The molecule has 0 aliphatic rings. The summed E-state index contributed by atoms with van der Waals surface area (Å²) in [6.07, 6.45) is 0. The third kappa shape index (κ3) is 3.74. The van der Waals surface area contributed by atoms with Gasteiger partial charge in [0.1, 0.15) is 12.2 Å². The molecule has 0 bridgehead atoms. The quantitative estimate of drug-likeness (QED) is 0.429. The van der Waals surface area contributed by atoms with Crippen LogP contribution in [0.1, 0.15) is 6.92 Å². The minimum absolute atomic E-state index is 0.0939. The molecule has 1 aromatic carbocycles. The summed E-state index contributed by atoms with van der Waals surface area (Å²) in [5.41, 5.74) is 0.101. The number of nitro groups is 1. The van der Waals surface area contributed by atoms with Crippen LogP contribution in [0.4, 0.5) is 11.4 Å². The zero-order chi connectivity index (χ0) is 16.0. The van der Waals surface area contributed by atoms with Gasteiger partial charge in [-0.3, -0.25) is 14.9 Å². The first kappa shape index (κ1) is 16.5. The van der Waals surface area contributed by atoms with Crippen molar-refractivity contribution >= 4 is 17.3 Å². The third-order valence-corrected chi connectivity index (χ3v) is 2.95. The van der Waals surface area contributed by atoms with Crippen LogP contribution in [0.2, 0.25) is 0 Å². The van der Waals surface area contributed by atoms with E-state index < -0.39 is 10.9 Å². The Hall–Kier alpha value is -2.51. The van der Waals surface area contributed by atoms with E-state index in [1.807, 2.05) is 0 Å². The average molecular weight is 298 g/mol. The number of esters is 1. The summed E-state index contributed by atoms with van der Waals surface area (Å²) in [6.45, 7) is 2.08. The number of hydrogen-bond donors (Lipinski definition) is 0. The molecule has 8 nitrogen and oxygen atoms in total. The van der Waals surface area contributed by atoms with Crippen LogP contribution in [0, 0.1) is 10.1 Å². The predicted octanol–water partition coefficient (Wildman–Crippen LogP) is 1.61. The summed E-state index contributed by atoms with van der Waals surface area (Å²) in [7, 11) is 4.09. The van der Waals surface area contributed by atoms with Crippen molar-refractivity contribution in [2.45, 2.75) is 6.92 Å². The van der Waals surface area contributed by atoms with Gasteiger partial charge >= 0.3 is 5.97 Å². The minimum atomic E-state index is -0.531. The van der Waals surface area contributed by atoms with Gasteiger partial charge in [-0.15, -0.1) is 0 Å². The molecule has 0 amide bonds. The lowest BCUT2D eigenvalue weighted by Gasteiger charge is -2.22. The first-order chi connectivity index (χ1) is 9.98. The van der Waals surface area contributed by atoms with Gasteiger partial charge in [-0.1, -0.05) is 0 Å². The van der Waals surface area contributed by atoms with Crippen LogP contribution < -0.4 is 14.4 Å². The highest BCUT2D eigenvalue weighted by atomic mass is 16.6. The van der Waals surface area contributed by atoms with E-state index in [9.17, 15) is 14.9 Å². The number of carbonyl (C=O) groups is 1. The number of methoxy groups -OCH3 is 3. The second-order valence-corrected chi connectivity index (χ2v) is 4.04. The minimum Gasteiger partial charge on any atom is -0.493 e. The Morgan fingerprint density at radius 1 is 1.24 bits per heavy atom. The number of carbonyl (C=O) groups excluding carboxylic acids is 1. The molecule has 0 unspecified atom stereocenters. The van der Waals surface area contributed by atoms with Crippen molar-refractivity contribution < 1.29 is 23.9 Å². The molecule has 1 aromatic rings. The second kappa shape index (κ2) is 7.32. The molecule has 0 spiro atoms. The van der Waals surface area contributed by atoms with Crippen LogP contribution in [-0.4, -0.2) is 45.3 Å². The van der Waals surface area contributed by atoms with Crippen molar-refractivity contribution in [1.29, 1.82) is 0 Å².